The fraction of sp³-hybridized carbons (Fsp3) is 0.333. The predicted molar refractivity (Wildman–Crippen MR) is 89.5 cm³/mol. The highest BCUT2D eigenvalue weighted by molar-refractivity contribution is 5.96. The number of H-pyrrole nitrogens is 1. The van der Waals surface area contributed by atoms with Gasteiger partial charge in [-0.15, -0.1) is 0 Å². The average molecular weight is 308 g/mol. The Kier molecular flexibility index (Phi) is 3.22. The Morgan fingerprint density at radius 2 is 2.13 bits per heavy atom. The van der Waals surface area contributed by atoms with Gasteiger partial charge in [0.25, 0.3) is 0 Å². The van der Waals surface area contributed by atoms with Crippen molar-refractivity contribution in [2.75, 3.05) is 6.54 Å². The SMILES string of the molecule is CCc1c2n(c3ccccc13)C(=O)N(Cc1nc[nH]c1C)CC2. The normalized spacial score (nSPS) is 14.5. The van der Waals surface area contributed by atoms with Gasteiger partial charge in [0.2, 0.25) is 0 Å². The Morgan fingerprint density at radius 3 is 2.87 bits per heavy atom. The van der Waals surface area contributed by atoms with Crippen LogP contribution in [0.5, 0.6) is 0 Å². The third kappa shape index (κ3) is 2.07. The standard InChI is InChI=1S/C18H20N4O/c1-3-13-14-6-4-5-7-16(14)22-17(13)8-9-21(18(22)23)10-15-12(2)19-11-20-15/h4-7,11H,3,8-10H2,1-2H3,(H,19,20). The molecular weight excluding hydrogens is 288 g/mol. The van der Waals surface area contributed by atoms with Crippen molar-refractivity contribution >= 4 is 16.9 Å². The van der Waals surface area contributed by atoms with E-state index in [2.05, 4.69) is 23.0 Å². The van der Waals surface area contributed by atoms with Crippen LogP contribution in [0.2, 0.25) is 0 Å². The van der Waals surface area contributed by atoms with Crippen molar-refractivity contribution in [1.82, 2.24) is 19.4 Å². The Morgan fingerprint density at radius 1 is 1.30 bits per heavy atom. The number of benzene rings is 1. The number of carbonyl (C=O) groups excluding carboxylic acids is 1. The number of amides is 1. The zero-order valence-corrected chi connectivity index (χ0v) is 13.5. The van der Waals surface area contributed by atoms with Crippen LogP contribution in [0.1, 0.15) is 29.6 Å². The molecule has 0 saturated carbocycles. The fourth-order valence-corrected chi connectivity index (χ4v) is 3.59. The first kappa shape index (κ1) is 14.1. The van der Waals surface area contributed by atoms with Gasteiger partial charge in [-0.05, 0) is 25.0 Å². The molecule has 5 heteroatoms. The molecule has 1 aliphatic heterocycles. The lowest BCUT2D eigenvalue weighted by Gasteiger charge is -2.29. The minimum atomic E-state index is 0.0598. The molecular formula is C18H20N4O. The van der Waals surface area contributed by atoms with Crippen molar-refractivity contribution in [2.24, 2.45) is 0 Å². The average Bonchev–Trinajstić information content (AvgIpc) is 3.11. The second-order valence-electron chi connectivity index (χ2n) is 6.06. The van der Waals surface area contributed by atoms with Crippen molar-refractivity contribution in [1.29, 1.82) is 0 Å². The minimum Gasteiger partial charge on any atom is -0.348 e. The van der Waals surface area contributed by atoms with E-state index in [1.807, 2.05) is 34.6 Å². The molecule has 0 radical (unpaired) electrons. The monoisotopic (exact) mass is 308 g/mol. The van der Waals surface area contributed by atoms with Crippen LogP contribution in [0.3, 0.4) is 0 Å². The molecule has 4 rings (SSSR count). The number of hydrogen-bond acceptors (Lipinski definition) is 2. The Bertz CT molecular complexity index is 890. The largest absolute Gasteiger partial charge is 0.348 e. The number of fused-ring (bicyclic) bond motifs is 3. The van der Waals surface area contributed by atoms with Crippen molar-refractivity contribution in [3.63, 3.8) is 0 Å². The summed E-state index contributed by atoms with van der Waals surface area (Å²) in [5.41, 5.74) is 5.47. The molecule has 1 amide bonds. The van der Waals surface area contributed by atoms with Crippen LogP contribution in [0.4, 0.5) is 4.79 Å². The summed E-state index contributed by atoms with van der Waals surface area (Å²) in [5, 5.41) is 1.20. The number of aromatic nitrogens is 3. The van der Waals surface area contributed by atoms with Crippen LogP contribution in [-0.4, -0.2) is 32.0 Å². The number of aromatic amines is 1. The predicted octanol–water partition coefficient (Wildman–Crippen LogP) is 3.26. The summed E-state index contributed by atoms with van der Waals surface area (Å²) in [6.07, 6.45) is 3.53. The molecule has 23 heavy (non-hydrogen) atoms. The van der Waals surface area contributed by atoms with Gasteiger partial charge in [-0.2, -0.15) is 0 Å². The Hall–Kier alpha value is -2.56. The van der Waals surface area contributed by atoms with Gasteiger partial charge in [0.05, 0.1) is 24.1 Å². The second kappa shape index (κ2) is 5.26. The van der Waals surface area contributed by atoms with Gasteiger partial charge in [-0.3, -0.25) is 4.57 Å². The summed E-state index contributed by atoms with van der Waals surface area (Å²) >= 11 is 0. The molecule has 3 heterocycles. The van der Waals surface area contributed by atoms with Gasteiger partial charge in [-0.25, -0.2) is 9.78 Å². The van der Waals surface area contributed by atoms with Crippen molar-refractivity contribution in [2.45, 2.75) is 33.2 Å². The van der Waals surface area contributed by atoms with Crippen LogP contribution in [0.15, 0.2) is 30.6 Å². The van der Waals surface area contributed by atoms with E-state index in [1.54, 1.807) is 6.33 Å². The molecule has 0 aliphatic carbocycles. The van der Waals surface area contributed by atoms with Crippen LogP contribution in [0, 0.1) is 6.92 Å². The van der Waals surface area contributed by atoms with Crippen LogP contribution in [0.25, 0.3) is 10.9 Å². The Labute approximate surface area is 134 Å². The minimum absolute atomic E-state index is 0.0598. The number of nitrogens with one attached hydrogen (secondary N) is 1. The number of carbonyl (C=O) groups is 1. The van der Waals surface area contributed by atoms with Crippen molar-refractivity contribution in [3.05, 3.63) is 53.2 Å². The van der Waals surface area contributed by atoms with Gasteiger partial charge >= 0.3 is 6.03 Å². The second-order valence-corrected chi connectivity index (χ2v) is 6.06. The van der Waals surface area contributed by atoms with Gasteiger partial charge in [0, 0.05) is 29.7 Å². The van der Waals surface area contributed by atoms with Gasteiger partial charge in [0.15, 0.2) is 0 Å². The lowest BCUT2D eigenvalue weighted by atomic mass is 10.1. The van der Waals surface area contributed by atoms with E-state index in [4.69, 9.17) is 0 Å². The first-order valence-electron chi connectivity index (χ1n) is 8.10. The molecule has 0 saturated heterocycles. The molecule has 0 bridgehead atoms. The lowest BCUT2D eigenvalue weighted by Crippen LogP contribution is -2.41. The van der Waals surface area contributed by atoms with Crippen molar-refractivity contribution < 1.29 is 4.79 Å². The topological polar surface area (TPSA) is 53.9 Å². The van der Waals surface area contributed by atoms with Crippen LogP contribution < -0.4 is 0 Å². The molecule has 1 aliphatic rings. The maximum Gasteiger partial charge on any atom is 0.329 e. The van der Waals surface area contributed by atoms with E-state index >= 15 is 0 Å². The molecule has 1 N–H and O–H groups in total. The van der Waals surface area contributed by atoms with E-state index < -0.39 is 0 Å². The van der Waals surface area contributed by atoms with Crippen molar-refractivity contribution in [3.8, 4) is 0 Å². The van der Waals surface area contributed by atoms with E-state index in [-0.39, 0.29) is 6.03 Å². The lowest BCUT2D eigenvalue weighted by molar-refractivity contribution is 0.190. The summed E-state index contributed by atoms with van der Waals surface area (Å²) < 4.78 is 1.90. The third-order valence-electron chi connectivity index (χ3n) is 4.80. The molecule has 2 aromatic heterocycles. The smallest absolute Gasteiger partial charge is 0.329 e. The number of aryl methyl sites for hydroxylation is 2. The molecule has 5 nitrogen and oxygen atoms in total. The molecule has 0 atom stereocenters. The summed E-state index contributed by atoms with van der Waals surface area (Å²) in [6, 6.07) is 8.26. The summed E-state index contributed by atoms with van der Waals surface area (Å²) in [7, 11) is 0. The zero-order valence-electron chi connectivity index (χ0n) is 13.5. The number of para-hydroxylation sites is 1. The molecule has 3 aromatic rings. The highest BCUT2D eigenvalue weighted by Gasteiger charge is 2.29. The van der Waals surface area contributed by atoms with Crippen LogP contribution >= 0.6 is 0 Å². The molecule has 118 valence electrons. The van der Waals surface area contributed by atoms with Gasteiger partial charge in [0.1, 0.15) is 0 Å². The van der Waals surface area contributed by atoms with E-state index in [1.165, 1.54) is 16.6 Å². The maximum atomic E-state index is 13.0. The third-order valence-corrected chi connectivity index (χ3v) is 4.80. The van der Waals surface area contributed by atoms with Crippen LogP contribution in [-0.2, 0) is 19.4 Å². The number of imidazole rings is 1. The van der Waals surface area contributed by atoms with Gasteiger partial charge in [-0.1, -0.05) is 25.1 Å². The van der Waals surface area contributed by atoms with E-state index in [0.717, 1.165) is 36.3 Å². The quantitative estimate of drug-likeness (QED) is 0.807. The highest BCUT2D eigenvalue weighted by atomic mass is 16.2. The van der Waals surface area contributed by atoms with Gasteiger partial charge < -0.3 is 9.88 Å². The summed E-state index contributed by atoms with van der Waals surface area (Å²) in [4.78, 5) is 22.3. The Balaban J connectivity index is 1.78. The zero-order chi connectivity index (χ0) is 16.0. The molecule has 0 unspecified atom stereocenters. The number of hydrogen-bond donors (Lipinski definition) is 1. The number of rotatable bonds is 3. The van der Waals surface area contributed by atoms with E-state index in [9.17, 15) is 4.79 Å². The van der Waals surface area contributed by atoms with E-state index in [0.29, 0.717) is 6.54 Å². The number of nitrogens with zero attached hydrogens (tertiary/aromatic N) is 3. The first-order chi connectivity index (χ1) is 11.2. The maximum absolute atomic E-state index is 13.0. The molecule has 1 aromatic carbocycles. The molecule has 0 spiro atoms. The summed E-state index contributed by atoms with van der Waals surface area (Å²) in [5.74, 6) is 0. The molecule has 0 fully saturated rings. The summed E-state index contributed by atoms with van der Waals surface area (Å²) in [6.45, 7) is 5.45. The highest BCUT2D eigenvalue weighted by Crippen LogP contribution is 2.30. The fourth-order valence-electron chi connectivity index (χ4n) is 3.59. The first-order valence-corrected chi connectivity index (χ1v) is 8.10.